The van der Waals surface area contributed by atoms with Crippen LogP contribution in [0.25, 0.3) is 12.7 Å². The van der Waals surface area contributed by atoms with Gasteiger partial charge in [0.1, 0.15) is 11.6 Å². The van der Waals surface area contributed by atoms with Crippen LogP contribution < -0.4 is 20.9 Å². The van der Waals surface area contributed by atoms with Gasteiger partial charge in [-0.25, -0.2) is 0 Å². The molecular weight excluding hydrogens is 386 g/mol. The van der Waals surface area contributed by atoms with Crippen LogP contribution in [0.3, 0.4) is 0 Å². The van der Waals surface area contributed by atoms with E-state index in [1.807, 2.05) is 19.1 Å². The predicted molar refractivity (Wildman–Crippen MR) is 124 cm³/mol. The van der Waals surface area contributed by atoms with Crippen molar-refractivity contribution in [1.82, 2.24) is 4.57 Å². The fourth-order valence-corrected chi connectivity index (χ4v) is 4.92. The van der Waals surface area contributed by atoms with E-state index in [-0.39, 0.29) is 27.6 Å². The van der Waals surface area contributed by atoms with Crippen LogP contribution in [-0.2, 0) is 18.4 Å². The molecule has 1 aromatic heterocycles. The number of aromatic hydroxyl groups is 1. The van der Waals surface area contributed by atoms with Crippen LogP contribution in [0.4, 0.5) is 5.69 Å². The minimum Gasteiger partial charge on any atom is -0.493 e. The number of rotatable bonds is 4. The highest BCUT2D eigenvalue weighted by Gasteiger charge is 2.41. The summed E-state index contributed by atoms with van der Waals surface area (Å²) < 4.78 is 1.30. The molecule has 3 heterocycles. The number of aromatic nitrogens is 1. The van der Waals surface area contributed by atoms with Crippen molar-refractivity contribution in [2.24, 2.45) is 0 Å². The summed E-state index contributed by atoms with van der Waals surface area (Å²) in [4.78, 5) is 15.5. The molecule has 0 fully saturated rings. The number of allylic oxidation sites excluding steroid dienone is 2. The summed E-state index contributed by atoms with van der Waals surface area (Å²) in [5.74, 6) is -0.287. The zero-order valence-corrected chi connectivity index (χ0v) is 18.5. The zero-order chi connectivity index (χ0) is 22.3. The second-order valence-electron chi connectivity index (χ2n) is 8.93. The number of benzene rings is 1. The Kier molecular flexibility index (Phi) is 5.26. The molecule has 5 heteroatoms. The van der Waals surface area contributed by atoms with Crippen molar-refractivity contribution in [3.8, 4) is 11.9 Å². The van der Waals surface area contributed by atoms with E-state index < -0.39 is 0 Å². The number of hydrogen-bond donors (Lipinski definition) is 1. The van der Waals surface area contributed by atoms with Crippen LogP contribution in [0.1, 0.15) is 56.7 Å². The van der Waals surface area contributed by atoms with E-state index in [9.17, 15) is 15.2 Å². The molecule has 0 amide bonds. The van der Waals surface area contributed by atoms with E-state index in [2.05, 4.69) is 43.5 Å². The highest BCUT2D eigenvalue weighted by atomic mass is 16.3. The maximum Gasteiger partial charge on any atom is 0.261 e. The van der Waals surface area contributed by atoms with Crippen LogP contribution in [0.15, 0.2) is 34.8 Å². The van der Waals surface area contributed by atoms with Crippen LogP contribution in [0.2, 0.25) is 0 Å². The SMILES string of the molecule is C=c1c(C#N)c(O)n(CCCC)c(=O)c1=CC=C1N2CCCc3cccc(c32)C1(C)C. The maximum atomic E-state index is 13.2. The van der Waals surface area contributed by atoms with Gasteiger partial charge in [-0.2, -0.15) is 5.26 Å². The molecule has 160 valence electrons. The van der Waals surface area contributed by atoms with Gasteiger partial charge in [-0.05, 0) is 42.5 Å². The Labute approximate surface area is 182 Å². The molecule has 0 spiro atoms. The number of pyridine rings is 1. The first-order chi connectivity index (χ1) is 14.8. The molecule has 0 radical (unpaired) electrons. The van der Waals surface area contributed by atoms with E-state index in [1.165, 1.54) is 21.4 Å². The minimum absolute atomic E-state index is 0.0644. The van der Waals surface area contributed by atoms with Gasteiger partial charge in [0.2, 0.25) is 5.88 Å². The molecule has 0 aliphatic carbocycles. The third-order valence-corrected chi connectivity index (χ3v) is 6.66. The molecule has 31 heavy (non-hydrogen) atoms. The normalized spacial score (nSPS) is 18.3. The predicted octanol–water partition coefficient (Wildman–Crippen LogP) is 3.04. The van der Waals surface area contributed by atoms with Crippen molar-refractivity contribution < 1.29 is 5.11 Å². The lowest BCUT2D eigenvalue weighted by Gasteiger charge is -2.30. The molecule has 0 saturated heterocycles. The fraction of sp³-hybridized carbons (Fsp3) is 0.385. The molecule has 0 saturated carbocycles. The van der Waals surface area contributed by atoms with Gasteiger partial charge in [-0.3, -0.25) is 9.36 Å². The average molecular weight is 416 g/mol. The average Bonchev–Trinajstić information content (AvgIpc) is 2.97. The van der Waals surface area contributed by atoms with Crippen LogP contribution in [0, 0.1) is 11.3 Å². The topological polar surface area (TPSA) is 69.3 Å². The number of aryl methyl sites for hydroxylation is 1. The molecular formula is C26H29N3O2. The standard InChI is InChI=1S/C26H29N3O2/c1-5-6-14-29-24(30)19(17(2)20(16-27)25(29)31)12-13-22-26(3,4)21-11-7-9-18-10-8-15-28(22)23(18)21/h7,9,11-13,31H,2,5-6,8,10,14-15H2,1,3-4H3. The second-order valence-corrected chi connectivity index (χ2v) is 8.93. The van der Waals surface area contributed by atoms with Gasteiger partial charge in [0.15, 0.2) is 0 Å². The van der Waals surface area contributed by atoms with Gasteiger partial charge in [-0.1, -0.05) is 52.0 Å². The Morgan fingerprint density at radius 1 is 1.32 bits per heavy atom. The first kappa shape index (κ1) is 21.0. The maximum absolute atomic E-state index is 13.2. The first-order valence-electron chi connectivity index (χ1n) is 11.0. The summed E-state index contributed by atoms with van der Waals surface area (Å²) >= 11 is 0. The van der Waals surface area contributed by atoms with Gasteiger partial charge in [0.25, 0.3) is 5.56 Å². The van der Waals surface area contributed by atoms with E-state index in [0.29, 0.717) is 11.8 Å². The number of hydrogen-bond acceptors (Lipinski definition) is 4. The smallest absolute Gasteiger partial charge is 0.261 e. The van der Waals surface area contributed by atoms with Gasteiger partial charge < -0.3 is 10.0 Å². The van der Waals surface area contributed by atoms with E-state index in [4.69, 9.17) is 0 Å². The first-order valence-corrected chi connectivity index (χ1v) is 11.0. The highest BCUT2D eigenvalue weighted by Crippen LogP contribution is 2.50. The number of unbranched alkanes of at least 4 members (excludes halogenated alkanes) is 1. The number of para-hydroxylation sites is 1. The summed E-state index contributed by atoms with van der Waals surface area (Å²) in [6.45, 7) is 11.7. The monoisotopic (exact) mass is 415 g/mol. The largest absolute Gasteiger partial charge is 0.493 e. The fourth-order valence-electron chi connectivity index (χ4n) is 4.92. The Bertz CT molecular complexity index is 1290. The van der Waals surface area contributed by atoms with E-state index in [1.54, 1.807) is 6.08 Å². The third kappa shape index (κ3) is 3.18. The zero-order valence-electron chi connectivity index (χ0n) is 18.5. The summed E-state index contributed by atoms with van der Waals surface area (Å²) in [6.07, 6.45) is 7.59. The summed E-state index contributed by atoms with van der Waals surface area (Å²) in [5.41, 5.74) is 4.69. The molecule has 2 aliphatic heterocycles. The number of anilines is 1. The van der Waals surface area contributed by atoms with Gasteiger partial charge in [-0.15, -0.1) is 0 Å². The summed E-state index contributed by atoms with van der Waals surface area (Å²) in [7, 11) is 0. The van der Waals surface area contributed by atoms with E-state index >= 15 is 0 Å². The van der Waals surface area contributed by atoms with Crippen LogP contribution in [-0.4, -0.2) is 16.2 Å². The Morgan fingerprint density at radius 3 is 2.81 bits per heavy atom. The van der Waals surface area contributed by atoms with Gasteiger partial charge >= 0.3 is 0 Å². The van der Waals surface area contributed by atoms with Crippen molar-refractivity contribution in [1.29, 1.82) is 5.26 Å². The Morgan fingerprint density at radius 2 is 2.10 bits per heavy atom. The molecule has 2 aromatic rings. The van der Waals surface area contributed by atoms with Crippen LogP contribution >= 0.6 is 0 Å². The molecule has 1 N–H and O–H groups in total. The molecule has 0 unspecified atom stereocenters. The Hall–Kier alpha value is -3.26. The lowest BCUT2D eigenvalue weighted by molar-refractivity contribution is 0.398. The number of nitriles is 1. The van der Waals surface area contributed by atoms with Crippen molar-refractivity contribution >= 4 is 18.3 Å². The van der Waals surface area contributed by atoms with Gasteiger partial charge in [0.05, 0.1) is 0 Å². The van der Waals surface area contributed by atoms with Crippen LogP contribution in [0.5, 0.6) is 5.88 Å². The molecule has 0 atom stereocenters. The molecule has 0 bridgehead atoms. The third-order valence-electron chi connectivity index (χ3n) is 6.66. The van der Waals surface area contributed by atoms with E-state index in [0.717, 1.165) is 37.9 Å². The highest BCUT2D eigenvalue weighted by molar-refractivity contribution is 5.76. The number of nitrogens with zero attached hydrogens (tertiary/aromatic N) is 3. The summed E-state index contributed by atoms with van der Waals surface area (Å²) in [5, 5.41) is 20.7. The lowest BCUT2D eigenvalue weighted by atomic mass is 9.83. The Balaban J connectivity index is 1.93. The van der Waals surface area contributed by atoms with Gasteiger partial charge in [0, 0.05) is 40.3 Å². The minimum atomic E-state index is -0.306. The molecule has 5 nitrogen and oxygen atoms in total. The lowest BCUT2D eigenvalue weighted by Crippen LogP contribution is -2.46. The summed E-state index contributed by atoms with van der Waals surface area (Å²) in [6, 6.07) is 8.54. The quantitative estimate of drug-likeness (QED) is 0.833. The van der Waals surface area contributed by atoms with Crippen molar-refractivity contribution in [2.45, 2.75) is 58.4 Å². The molecule has 2 aliphatic rings. The van der Waals surface area contributed by atoms with Crippen molar-refractivity contribution in [3.05, 3.63) is 67.5 Å². The van der Waals surface area contributed by atoms with Crippen molar-refractivity contribution in [3.63, 3.8) is 0 Å². The molecule has 4 rings (SSSR count). The molecule has 1 aromatic carbocycles. The van der Waals surface area contributed by atoms with Crippen molar-refractivity contribution in [2.75, 3.05) is 11.4 Å². The second kappa shape index (κ2) is 7.77.